The largest absolute Gasteiger partial charge is 0.418 e. The molecule has 0 saturated heterocycles. The average Bonchev–Trinajstić information content (AvgIpc) is 2.44. The van der Waals surface area contributed by atoms with Gasteiger partial charge in [-0.2, -0.15) is 0 Å². The van der Waals surface area contributed by atoms with Gasteiger partial charge in [0.15, 0.2) is 15.5 Å². The van der Waals surface area contributed by atoms with Gasteiger partial charge in [-0.25, -0.2) is 0 Å². The third kappa shape index (κ3) is 5.52. The van der Waals surface area contributed by atoms with Gasteiger partial charge in [0.05, 0.1) is 5.60 Å². The second-order valence-corrected chi connectivity index (χ2v) is 13.3. The molecule has 0 aromatic heterocycles. The van der Waals surface area contributed by atoms with Crippen LogP contribution in [0.3, 0.4) is 0 Å². The Bertz CT molecular complexity index is 632. The predicted molar refractivity (Wildman–Crippen MR) is 109 cm³/mol. The molecule has 0 N–H and O–H groups in total. The maximum absolute atomic E-state index is 13.2. The summed E-state index contributed by atoms with van der Waals surface area (Å²) in [5, 5.41) is 0.243. The maximum Gasteiger partial charge on any atom is 0.169 e. The van der Waals surface area contributed by atoms with Gasteiger partial charge in [0.1, 0.15) is 0 Å². The number of fused-ring (bicyclic) bond motifs is 1. The molecule has 0 aliphatic heterocycles. The fraction of sp³-hybridized carbons (Fsp3) is 0.682. The molecule has 3 heteroatoms. The van der Waals surface area contributed by atoms with E-state index in [1.165, 1.54) is 11.1 Å². The summed E-state index contributed by atoms with van der Waals surface area (Å²) >= 11 is 0. The number of Topliss-reactive ketones (excluding diaryl/α,β-unsaturated/α-hetero) is 1. The Morgan fingerprint density at radius 1 is 1.08 bits per heavy atom. The average molecular weight is 361 g/mol. The summed E-state index contributed by atoms with van der Waals surface area (Å²) in [6, 6.07) is 6.51. The number of aryl methyl sites for hydroxylation is 1. The number of carbonyl (C=O) groups is 1. The molecule has 1 aliphatic rings. The van der Waals surface area contributed by atoms with Crippen molar-refractivity contribution in [1.29, 1.82) is 0 Å². The third-order valence-corrected chi connectivity index (χ3v) is 6.66. The fourth-order valence-electron chi connectivity index (χ4n) is 3.58. The maximum atomic E-state index is 13.2. The molecule has 2 nitrogen and oxygen atoms in total. The molecule has 1 aliphatic carbocycles. The van der Waals surface area contributed by atoms with E-state index < -0.39 is 9.76 Å². The van der Waals surface area contributed by atoms with E-state index in [2.05, 4.69) is 73.6 Å². The van der Waals surface area contributed by atoms with Crippen LogP contribution in [-0.4, -0.2) is 21.1 Å². The molecule has 0 amide bonds. The lowest BCUT2D eigenvalue weighted by atomic mass is 9.74. The van der Waals surface area contributed by atoms with Crippen LogP contribution < -0.4 is 0 Å². The Labute approximate surface area is 156 Å². The molecule has 1 atom stereocenters. The molecule has 0 spiro atoms. The fourth-order valence-corrected chi connectivity index (χ4v) is 4.58. The SMILES string of the molecule is CC(C)(C)Cc1ccc2c(c1)C(=O)C(C(C)(C)O[SiH2]C(C)(C)C)CC2. The zero-order chi connectivity index (χ0) is 19.0. The van der Waals surface area contributed by atoms with Crippen LogP contribution in [0.5, 0.6) is 0 Å². The number of benzene rings is 1. The van der Waals surface area contributed by atoms with Gasteiger partial charge in [0, 0.05) is 11.5 Å². The minimum atomic E-state index is -0.681. The molecule has 1 unspecified atom stereocenters. The quantitative estimate of drug-likeness (QED) is 0.697. The zero-order valence-electron chi connectivity index (χ0n) is 17.5. The summed E-state index contributed by atoms with van der Waals surface area (Å²) in [6.45, 7) is 17.6. The monoisotopic (exact) mass is 360 g/mol. The first-order valence-electron chi connectivity index (χ1n) is 9.58. The van der Waals surface area contributed by atoms with Gasteiger partial charge in [0.2, 0.25) is 0 Å². The highest BCUT2D eigenvalue weighted by Gasteiger charge is 2.40. The van der Waals surface area contributed by atoms with Crippen molar-refractivity contribution < 1.29 is 9.22 Å². The molecule has 0 bridgehead atoms. The smallest absolute Gasteiger partial charge is 0.169 e. The third-order valence-electron chi connectivity index (χ3n) is 4.91. The van der Waals surface area contributed by atoms with Gasteiger partial charge < -0.3 is 4.43 Å². The molecular weight excluding hydrogens is 324 g/mol. The van der Waals surface area contributed by atoms with Gasteiger partial charge in [-0.1, -0.05) is 53.7 Å². The van der Waals surface area contributed by atoms with Gasteiger partial charge in [-0.3, -0.25) is 4.79 Å². The van der Waals surface area contributed by atoms with Crippen molar-refractivity contribution in [2.45, 2.75) is 85.3 Å². The van der Waals surface area contributed by atoms with Gasteiger partial charge >= 0.3 is 0 Å². The van der Waals surface area contributed by atoms with Gasteiger partial charge in [-0.15, -0.1) is 0 Å². The number of hydrogen-bond donors (Lipinski definition) is 0. The lowest BCUT2D eigenvalue weighted by Crippen LogP contribution is -2.43. The second-order valence-electron chi connectivity index (χ2n) is 10.6. The Morgan fingerprint density at radius 2 is 1.72 bits per heavy atom. The molecule has 2 rings (SSSR count). The van der Waals surface area contributed by atoms with Crippen LogP contribution in [0.15, 0.2) is 18.2 Å². The number of ketones is 1. The summed E-state index contributed by atoms with van der Waals surface area (Å²) in [6.07, 6.45) is 2.87. The van der Waals surface area contributed by atoms with Crippen molar-refractivity contribution in [1.82, 2.24) is 0 Å². The summed E-state index contributed by atoms with van der Waals surface area (Å²) in [5.74, 6) is 0.254. The van der Waals surface area contributed by atoms with E-state index in [-0.39, 0.29) is 27.8 Å². The minimum Gasteiger partial charge on any atom is -0.418 e. The van der Waals surface area contributed by atoms with E-state index in [4.69, 9.17) is 4.43 Å². The number of hydrogen-bond acceptors (Lipinski definition) is 2. The summed E-state index contributed by atoms with van der Waals surface area (Å²) in [5.41, 5.74) is 3.28. The molecular formula is C22H36O2Si. The Morgan fingerprint density at radius 3 is 2.28 bits per heavy atom. The van der Waals surface area contributed by atoms with E-state index in [1.807, 2.05) is 0 Å². The van der Waals surface area contributed by atoms with Crippen molar-refractivity contribution >= 4 is 15.5 Å². The lowest BCUT2D eigenvalue weighted by molar-refractivity contribution is 0.0327. The van der Waals surface area contributed by atoms with E-state index in [9.17, 15) is 4.79 Å². The summed E-state index contributed by atoms with van der Waals surface area (Å²) in [7, 11) is -0.681. The van der Waals surface area contributed by atoms with Crippen LogP contribution in [0.25, 0.3) is 0 Å². The first-order chi connectivity index (χ1) is 11.3. The summed E-state index contributed by atoms with van der Waals surface area (Å²) in [4.78, 5) is 13.2. The molecule has 140 valence electrons. The predicted octanol–water partition coefficient (Wildman–Crippen LogP) is 5.12. The molecule has 1 aromatic carbocycles. The van der Waals surface area contributed by atoms with Crippen LogP contribution in [0.2, 0.25) is 5.04 Å². The lowest BCUT2D eigenvalue weighted by Gasteiger charge is -2.38. The van der Waals surface area contributed by atoms with Crippen LogP contribution in [0.1, 0.15) is 83.3 Å². The van der Waals surface area contributed by atoms with Crippen LogP contribution in [-0.2, 0) is 17.3 Å². The number of carbonyl (C=O) groups excluding carboxylic acids is 1. The highest BCUT2D eigenvalue weighted by Crippen LogP contribution is 2.36. The van der Waals surface area contributed by atoms with Crippen molar-refractivity contribution in [3.63, 3.8) is 0 Å². The minimum absolute atomic E-state index is 0.0280. The van der Waals surface area contributed by atoms with Crippen molar-refractivity contribution in [2.75, 3.05) is 0 Å². The van der Waals surface area contributed by atoms with Crippen molar-refractivity contribution in [3.8, 4) is 0 Å². The molecule has 0 fully saturated rings. The first kappa shape index (κ1) is 20.4. The standard InChI is InChI=1S/C22H36O2Si/c1-20(2,3)14-15-9-10-16-11-12-18(19(23)17(16)13-15)22(7,8)24-25-21(4,5)6/h9-10,13,18H,11-12,14,25H2,1-8H3. The van der Waals surface area contributed by atoms with Crippen molar-refractivity contribution in [2.24, 2.45) is 11.3 Å². The van der Waals surface area contributed by atoms with E-state index in [0.29, 0.717) is 0 Å². The molecule has 0 radical (unpaired) electrons. The van der Waals surface area contributed by atoms with Crippen molar-refractivity contribution in [3.05, 3.63) is 34.9 Å². The van der Waals surface area contributed by atoms with Crippen LogP contribution in [0, 0.1) is 11.3 Å². The van der Waals surface area contributed by atoms with Gasteiger partial charge in [-0.05, 0) is 60.8 Å². The second kappa shape index (κ2) is 7.00. The van der Waals surface area contributed by atoms with Crippen LogP contribution >= 0.6 is 0 Å². The van der Waals surface area contributed by atoms with E-state index in [0.717, 1.165) is 24.8 Å². The highest BCUT2D eigenvalue weighted by atomic mass is 28.2. The molecule has 1 aromatic rings. The summed E-state index contributed by atoms with van der Waals surface area (Å²) < 4.78 is 6.35. The molecule has 0 saturated carbocycles. The highest BCUT2D eigenvalue weighted by molar-refractivity contribution is 6.31. The Kier molecular flexibility index (Phi) is 5.70. The Hall–Kier alpha value is -0.933. The molecule has 0 heterocycles. The zero-order valence-corrected chi connectivity index (χ0v) is 18.9. The van der Waals surface area contributed by atoms with E-state index in [1.54, 1.807) is 0 Å². The van der Waals surface area contributed by atoms with E-state index >= 15 is 0 Å². The first-order valence-corrected chi connectivity index (χ1v) is 10.9. The number of rotatable bonds is 4. The van der Waals surface area contributed by atoms with Gasteiger partial charge in [0.25, 0.3) is 0 Å². The Balaban J connectivity index is 2.23. The van der Waals surface area contributed by atoms with Crippen LogP contribution in [0.4, 0.5) is 0 Å². The molecule has 25 heavy (non-hydrogen) atoms. The topological polar surface area (TPSA) is 26.3 Å². The normalized spacial score (nSPS) is 19.5.